The van der Waals surface area contributed by atoms with E-state index in [1.54, 1.807) is 32.5 Å². The van der Waals surface area contributed by atoms with E-state index in [9.17, 15) is 14.7 Å². The highest BCUT2D eigenvalue weighted by atomic mass is 16.5. The van der Waals surface area contributed by atoms with E-state index in [4.69, 9.17) is 14.2 Å². The molecule has 0 fully saturated rings. The van der Waals surface area contributed by atoms with Gasteiger partial charge in [-0.1, -0.05) is 60.7 Å². The van der Waals surface area contributed by atoms with Crippen molar-refractivity contribution in [3.8, 4) is 11.5 Å². The van der Waals surface area contributed by atoms with Crippen molar-refractivity contribution in [2.24, 2.45) is 0 Å². The fourth-order valence-corrected chi connectivity index (χ4v) is 4.46. The number of benzene rings is 3. The average molecular weight is 529 g/mol. The van der Waals surface area contributed by atoms with Crippen LogP contribution < -0.4 is 20.3 Å². The topological polar surface area (TPSA) is 99.0 Å². The predicted molar refractivity (Wildman–Crippen MR) is 148 cm³/mol. The van der Waals surface area contributed by atoms with Gasteiger partial charge < -0.3 is 29.2 Å². The highest BCUT2D eigenvalue weighted by Crippen LogP contribution is 2.41. The van der Waals surface area contributed by atoms with Crippen LogP contribution >= 0.6 is 0 Å². The maximum Gasteiger partial charge on any atom is 0.250 e. The zero-order valence-electron chi connectivity index (χ0n) is 21.9. The standard InChI is InChI=1S/C31H32N2O6/c1-37-27-15-11-24(12-16-27)31(23-8-4-3-5-9-23,25-13-17-28(38-2)18-14-25)39-22-26(21-34)32-29(35)20-33-19-7-6-10-30(33)36/h3-19,26,34H,20-22H2,1-2H3,(H,32,35)/t26-/m1/s1. The van der Waals surface area contributed by atoms with Gasteiger partial charge in [0.1, 0.15) is 23.6 Å². The van der Waals surface area contributed by atoms with Gasteiger partial charge in [0, 0.05) is 12.3 Å². The van der Waals surface area contributed by atoms with Crippen LogP contribution in [-0.4, -0.2) is 49.1 Å². The molecule has 8 nitrogen and oxygen atoms in total. The van der Waals surface area contributed by atoms with Crippen LogP contribution in [0.1, 0.15) is 16.7 Å². The van der Waals surface area contributed by atoms with Crippen LogP contribution in [0.2, 0.25) is 0 Å². The van der Waals surface area contributed by atoms with E-state index in [0.29, 0.717) is 11.5 Å². The van der Waals surface area contributed by atoms with Crippen molar-refractivity contribution < 1.29 is 24.1 Å². The first-order valence-corrected chi connectivity index (χ1v) is 12.5. The molecule has 0 aliphatic carbocycles. The van der Waals surface area contributed by atoms with Crippen LogP contribution in [0.5, 0.6) is 11.5 Å². The van der Waals surface area contributed by atoms with Gasteiger partial charge in [-0.15, -0.1) is 0 Å². The van der Waals surface area contributed by atoms with E-state index in [1.807, 2.05) is 78.9 Å². The summed E-state index contributed by atoms with van der Waals surface area (Å²) in [4.78, 5) is 24.8. The highest BCUT2D eigenvalue weighted by Gasteiger charge is 2.38. The van der Waals surface area contributed by atoms with Crippen LogP contribution in [0.25, 0.3) is 0 Å². The Hall–Kier alpha value is -4.40. The van der Waals surface area contributed by atoms with Crippen molar-refractivity contribution >= 4 is 5.91 Å². The third-order valence-corrected chi connectivity index (χ3v) is 6.47. The maximum atomic E-state index is 12.7. The maximum absolute atomic E-state index is 12.7. The lowest BCUT2D eigenvalue weighted by Crippen LogP contribution is -2.45. The van der Waals surface area contributed by atoms with E-state index in [0.717, 1.165) is 16.7 Å². The molecule has 202 valence electrons. The third-order valence-electron chi connectivity index (χ3n) is 6.47. The van der Waals surface area contributed by atoms with Gasteiger partial charge in [-0.3, -0.25) is 9.59 Å². The number of rotatable bonds is 12. The monoisotopic (exact) mass is 528 g/mol. The highest BCUT2D eigenvalue weighted by molar-refractivity contribution is 5.76. The Morgan fingerprint density at radius 1 is 0.821 bits per heavy atom. The minimum atomic E-state index is -1.09. The molecule has 2 N–H and O–H groups in total. The smallest absolute Gasteiger partial charge is 0.250 e. The van der Waals surface area contributed by atoms with Crippen LogP contribution in [0.4, 0.5) is 0 Å². The summed E-state index contributed by atoms with van der Waals surface area (Å²) in [7, 11) is 3.22. The van der Waals surface area contributed by atoms with E-state index >= 15 is 0 Å². The number of methoxy groups -OCH3 is 2. The van der Waals surface area contributed by atoms with Crippen LogP contribution in [0.3, 0.4) is 0 Å². The van der Waals surface area contributed by atoms with Gasteiger partial charge in [0.2, 0.25) is 5.91 Å². The predicted octanol–water partition coefficient (Wildman–Crippen LogP) is 3.35. The molecule has 8 heteroatoms. The molecule has 0 aliphatic heterocycles. The van der Waals surface area contributed by atoms with E-state index < -0.39 is 17.6 Å². The van der Waals surface area contributed by atoms with Crippen LogP contribution in [-0.2, 0) is 21.7 Å². The molecule has 4 aromatic rings. The number of aliphatic hydroxyl groups is 1. The summed E-state index contributed by atoms with van der Waals surface area (Å²) in [6.45, 7) is -0.540. The minimum Gasteiger partial charge on any atom is -0.497 e. The number of amides is 1. The Balaban J connectivity index is 1.70. The quantitative estimate of drug-likeness (QED) is 0.274. The normalized spacial score (nSPS) is 12.0. The summed E-state index contributed by atoms with van der Waals surface area (Å²) in [5.41, 5.74) is 1.15. The van der Waals surface area contributed by atoms with Gasteiger partial charge >= 0.3 is 0 Å². The second kappa shape index (κ2) is 12.9. The van der Waals surface area contributed by atoms with Crippen molar-refractivity contribution in [3.05, 3.63) is 130 Å². The summed E-state index contributed by atoms with van der Waals surface area (Å²) in [6, 6.07) is 28.9. The molecule has 39 heavy (non-hydrogen) atoms. The largest absolute Gasteiger partial charge is 0.497 e. The number of pyridine rings is 1. The Morgan fingerprint density at radius 2 is 1.36 bits per heavy atom. The first kappa shape index (κ1) is 27.6. The number of nitrogens with one attached hydrogen (secondary N) is 1. The van der Waals surface area contributed by atoms with E-state index in [-0.39, 0.29) is 25.3 Å². The second-order valence-electron chi connectivity index (χ2n) is 8.93. The van der Waals surface area contributed by atoms with Crippen molar-refractivity contribution in [2.75, 3.05) is 27.4 Å². The fraction of sp³-hybridized carbons (Fsp3) is 0.226. The number of aliphatic hydroxyl groups excluding tert-OH is 1. The lowest BCUT2D eigenvalue weighted by Gasteiger charge is -2.37. The Bertz CT molecular complexity index is 1350. The molecule has 0 unspecified atom stereocenters. The molecule has 1 heterocycles. The van der Waals surface area contributed by atoms with Gasteiger partial charge in [0.15, 0.2) is 0 Å². The number of hydrogen-bond acceptors (Lipinski definition) is 6. The molecule has 0 bridgehead atoms. The Labute approximate surface area is 227 Å². The molecular formula is C31H32N2O6. The summed E-state index contributed by atoms with van der Waals surface area (Å²) >= 11 is 0. The van der Waals surface area contributed by atoms with E-state index in [2.05, 4.69) is 5.32 Å². The van der Waals surface area contributed by atoms with Crippen molar-refractivity contribution in [2.45, 2.75) is 18.2 Å². The summed E-state index contributed by atoms with van der Waals surface area (Å²) in [5, 5.41) is 12.9. The molecule has 3 aromatic carbocycles. The minimum absolute atomic E-state index is 0.0150. The van der Waals surface area contributed by atoms with Gasteiger partial charge in [0.25, 0.3) is 5.56 Å². The summed E-state index contributed by atoms with van der Waals surface area (Å²) < 4.78 is 18.8. The van der Waals surface area contributed by atoms with Gasteiger partial charge in [-0.2, -0.15) is 0 Å². The van der Waals surface area contributed by atoms with Crippen LogP contribution in [0, 0.1) is 0 Å². The molecule has 0 saturated heterocycles. The average Bonchev–Trinajstić information content (AvgIpc) is 2.99. The molecule has 4 rings (SSSR count). The van der Waals surface area contributed by atoms with Crippen molar-refractivity contribution in [3.63, 3.8) is 0 Å². The Kier molecular flexibility index (Phi) is 9.14. The number of ether oxygens (including phenoxy) is 3. The zero-order chi connectivity index (χ0) is 27.7. The molecule has 0 radical (unpaired) electrons. The third kappa shape index (κ3) is 6.37. The van der Waals surface area contributed by atoms with Gasteiger partial charge in [-0.05, 0) is 47.0 Å². The van der Waals surface area contributed by atoms with E-state index in [1.165, 1.54) is 10.6 Å². The van der Waals surface area contributed by atoms with Crippen molar-refractivity contribution in [1.82, 2.24) is 9.88 Å². The molecule has 1 atom stereocenters. The zero-order valence-corrected chi connectivity index (χ0v) is 21.9. The lowest BCUT2D eigenvalue weighted by atomic mass is 9.80. The molecule has 1 amide bonds. The first-order valence-electron chi connectivity index (χ1n) is 12.5. The second-order valence-corrected chi connectivity index (χ2v) is 8.93. The number of carbonyl (C=O) groups is 1. The fourth-order valence-electron chi connectivity index (χ4n) is 4.46. The summed E-state index contributed by atoms with van der Waals surface area (Å²) in [6.07, 6.45) is 1.54. The summed E-state index contributed by atoms with van der Waals surface area (Å²) in [5.74, 6) is 0.990. The molecule has 1 aromatic heterocycles. The molecule has 0 aliphatic rings. The van der Waals surface area contributed by atoms with Gasteiger partial charge in [-0.25, -0.2) is 0 Å². The first-order chi connectivity index (χ1) is 19.0. The number of nitrogens with zero attached hydrogens (tertiary/aromatic N) is 1. The molecule has 0 spiro atoms. The SMILES string of the molecule is COc1ccc(C(OC[C@@H](CO)NC(=O)Cn2ccccc2=O)(c2ccccc2)c2ccc(OC)cc2)cc1. The van der Waals surface area contributed by atoms with Crippen molar-refractivity contribution in [1.29, 1.82) is 0 Å². The number of hydrogen-bond donors (Lipinski definition) is 2. The van der Waals surface area contributed by atoms with Crippen LogP contribution in [0.15, 0.2) is 108 Å². The molecule has 0 saturated carbocycles. The molecular weight excluding hydrogens is 496 g/mol. The lowest BCUT2D eigenvalue weighted by molar-refractivity contribution is -0.123. The number of carbonyl (C=O) groups excluding carboxylic acids is 1. The Morgan fingerprint density at radius 3 is 1.87 bits per heavy atom. The number of aromatic nitrogens is 1. The van der Waals surface area contributed by atoms with Gasteiger partial charge in [0.05, 0.1) is 33.5 Å².